The number of para-hydroxylation sites is 1. The van der Waals surface area contributed by atoms with Crippen molar-refractivity contribution in [2.45, 2.75) is 12.3 Å². The number of piperazine rings is 1. The van der Waals surface area contributed by atoms with Crippen molar-refractivity contribution >= 4 is 17.5 Å². The van der Waals surface area contributed by atoms with Crippen molar-refractivity contribution in [3.05, 3.63) is 30.3 Å². The number of carbonyl (C=O) groups excluding carboxylic acids is 2. The summed E-state index contributed by atoms with van der Waals surface area (Å²) < 4.78 is 53.7. The molecule has 0 atom stereocenters. The van der Waals surface area contributed by atoms with Crippen molar-refractivity contribution in [3.63, 3.8) is 0 Å². The first-order valence-corrected chi connectivity index (χ1v) is 7.18. The highest BCUT2D eigenvalue weighted by atomic mass is 19.3. The number of hydrogen-bond donors (Lipinski definition) is 0. The van der Waals surface area contributed by atoms with Crippen LogP contribution in [0.2, 0.25) is 0 Å². The highest BCUT2D eigenvalue weighted by Gasteiger charge is 2.41. The molecule has 0 spiro atoms. The zero-order valence-corrected chi connectivity index (χ0v) is 12.6. The SMILES string of the molecule is O=C(COCC(F)(F)C(F)F)N1CCN(c2ccccc2)C(=O)C1. The molecule has 1 saturated heterocycles. The fourth-order valence-corrected chi connectivity index (χ4v) is 2.20. The van der Waals surface area contributed by atoms with Gasteiger partial charge in [0.1, 0.15) is 19.8 Å². The van der Waals surface area contributed by atoms with Crippen LogP contribution in [-0.2, 0) is 14.3 Å². The molecule has 1 heterocycles. The Morgan fingerprint density at radius 1 is 1.21 bits per heavy atom. The number of rotatable bonds is 6. The number of halogens is 4. The molecular weight excluding hydrogens is 332 g/mol. The van der Waals surface area contributed by atoms with Crippen LogP contribution in [0, 0.1) is 0 Å². The van der Waals surface area contributed by atoms with Gasteiger partial charge < -0.3 is 14.5 Å². The van der Waals surface area contributed by atoms with Crippen LogP contribution in [0.4, 0.5) is 23.2 Å². The molecule has 132 valence electrons. The van der Waals surface area contributed by atoms with Crippen LogP contribution in [0.25, 0.3) is 0 Å². The van der Waals surface area contributed by atoms with Crippen molar-refractivity contribution in [1.82, 2.24) is 4.90 Å². The largest absolute Gasteiger partial charge is 0.365 e. The molecule has 1 aromatic carbocycles. The van der Waals surface area contributed by atoms with Crippen LogP contribution < -0.4 is 4.90 Å². The van der Waals surface area contributed by atoms with Crippen LogP contribution in [0.5, 0.6) is 0 Å². The normalized spacial score (nSPS) is 16.0. The first-order chi connectivity index (χ1) is 11.3. The van der Waals surface area contributed by atoms with Gasteiger partial charge in [0, 0.05) is 18.8 Å². The van der Waals surface area contributed by atoms with Crippen LogP contribution in [0.1, 0.15) is 0 Å². The molecule has 1 aliphatic heterocycles. The molecule has 2 amide bonds. The Hall–Kier alpha value is -2.16. The molecule has 0 bridgehead atoms. The summed E-state index contributed by atoms with van der Waals surface area (Å²) in [7, 11) is 0. The number of carbonyl (C=O) groups is 2. The van der Waals surface area contributed by atoms with E-state index in [0.29, 0.717) is 5.69 Å². The third kappa shape index (κ3) is 4.44. The molecule has 1 aromatic rings. The van der Waals surface area contributed by atoms with Gasteiger partial charge in [-0.3, -0.25) is 9.59 Å². The van der Waals surface area contributed by atoms with Gasteiger partial charge in [-0.15, -0.1) is 0 Å². The topological polar surface area (TPSA) is 49.9 Å². The summed E-state index contributed by atoms with van der Waals surface area (Å²) in [5.74, 6) is -5.32. The van der Waals surface area contributed by atoms with Gasteiger partial charge in [-0.05, 0) is 12.1 Å². The molecule has 24 heavy (non-hydrogen) atoms. The van der Waals surface area contributed by atoms with Crippen LogP contribution in [0.3, 0.4) is 0 Å². The lowest BCUT2D eigenvalue weighted by Gasteiger charge is -2.34. The van der Waals surface area contributed by atoms with E-state index in [2.05, 4.69) is 4.74 Å². The van der Waals surface area contributed by atoms with E-state index in [1.54, 1.807) is 30.3 Å². The number of anilines is 1. The van der Waals surface area contributed by atoms with E-state index in [0.717, 1.165) is 4.90 Å². The minimum absolute atomic E-state index is 0.202. The van der Waals surface area contributed by atoms with Crippen LogP contribution in [-0.4, -0.2) is 61.9 Å². The molecular formula is C15H16F4N2O3. The summed E-state index contributed by atoms with van der Waals surface area (Å²) in [5, 5.41) is 0. The van der Waals surface area contributed by atoms with Gasteiger partial charge in [0.2, 0.25) is 11.8 Å². The summed E-state index contributed by atoms with van der Waals surface area (Å²) in [6, 6.07) is 8.87. The number of ether oxygens (including phenoxy) is 1. The smallest absolute Gasteiger partial charge is 0.330 e. The summed E-state index contributed by atoms with van der Waals surface area (Å²) in [6.45, 7) is -2.09. The summed E-state index contributed by atoms with van der Waals surface area (Å²) in [5.41, 5.74) is 0.697. The maximum atomic E-state index is 12.7. The molecule has 0 saturated carbocycles. The number of benzene rings is 1. The number of alkyl halides is 4. The third-order valence-electron chi connectivity index (χ3n) is 3.48. The lowest BCUT2D eigenvalue weighted by Crippen LogP contribution is -2.53. The molecule has 5 nitrogen and oxygen atoms in total. The van der Waals surface area contributed by atoms with E-state index in [1.165, 1.54) is 4.90 Å². The van der Waals surface area contributed by atoms with Crippen LogP contribution >= 0.6 is 0 Å². The van der Waals surface area contributed by atoms with Crippen molar-refractivity contribution in [2.24, 2.45) is 0 Å². The van der Waals surface area contributed by atoms with Gasteiger partial charge in [-0.2, -0.15) is 8.78 Å². The molecule has 0 unspecified atom stereocenters. The fourth-order valence-electron chi connectivity index (χ4n) is 2.20. The molecule has 0 aromatic heterocycles. The fraction of sp³-hybridized carbons (Fsp3) is 0.467. The summed E-state index contributed by atoms with van der Waals surface area (Å²) in [6.07, 6.45) is -3.86. The lowest BCUT2D eigenvalue weighted by molar-refractivity contribution is -0.171. The Labute approximate surface area is 135 Å². The average Bonchev–Trinajstić information content (AvgIpc) is 2.55. The van der Waals surface area contributed by atoms with Crippen molar-refractivity contribution in [2.75, 3.05) is 37.7 Å². The predicted molar refractivity (Wildman–Crippen MR) is 77.1 cm³/mol. The minimum atomic E-state index is -4.30. The van der Waals surface area contributed by atoms with Gasteiger partial charge in [0.25, 0.3) is 0 Å². The predicted octanol–water partition coefficient (Wildman–Crippen LogP) is 1.78. The number of amides is 2. The van der Waals surface area contributed by atoms with Crippen molar-refractivity contribution < 1.29 is 31.9 Å². The standard InChI is InChI=1S/C15H16F4N2O3/c16-14(17)15(18,19)10-24-9-13(23)20-6-7-21(12(22)8-20)11-4-2-1-3-5-11/h1-5,14H,6-10H2. The number of hydrogen-bond acceptors (Lipinski definition) is 3. The molecule has 9 heteroatoms. The van der Waals surface area contributed by atoms with Gasteiger partial charge in [-0.25, -0.2) is 8.78 Å². The summed E-state index contributed by atoms with van der Waals surface area (Å²) in [4.78, 5) is 26.6. The minimum Gasteiger partial charge on any atom is -0.365 e. The highest BCUT2D eigenvalue weighted by molar-refractivity contribution is 5.98. The molecule has 1 fully saturated rings. The average molecular weight is 348 g/mol. The van der Waals surface area contributed by atoms with Crippen molar-refractivity contribution in [3.8, 4) is 0 Å². The Kier molecular flexibility index (Phi) is 5.76. The van der Waals surface area contributed by atoms with E-state index >= 15 is 0 Å². The third-order valence-corrected chi connectivity index (χ3v) is 3.48. The van der Waals surface area contributed by atoms with E-state index in [-0.39, 0.29) is 25.5 Å². The number of nitrogens with zero attached hydrogens (tertiary/aromatic N) is 2. The Morgan fingerprint density at radius 3 is 2.46 bits per heavy atom. The maximum absolute atomic E-state index is 12.7. The quantitative estimate of drug-likeness (QED) is 0.737. The van der Waals surface area contributed by atoms with E-state index < -0.39 is 31.5 Å². The Balaban J connectivity index is 1.83. The molecule has 0 radical (unpaired) electrons. The summed E-state index contributed by atoms with van der Waals surface area (Å²) >= 11 is 0. The second-order valence-corrected chi connectivity index (χ2v) is 5.25. The first-order valence-electron chi connectivity index (χ1n) is 7.18. The molecule has 2 rings (SSSR count). The highest BCUT2D eigenvalue weighted by Crippen LogP contribution is 2.23. The van der Waals surface area contributed by atoms with E-state index in [4.69, 9.17) is 0 Å². The van der Waals surface area contributed by atoms with Gasteiger partial charge >= 0.3 is 12.3 Å². The van der Waals surface area contributed by atoms with E-state index in [9.17, 15) is 27.2 Å². The second-order valence-electron chi connectivity index (χ2n) is 5.25. The zero-order chi connectivity index (χ0) is 17.7. The van der Waals surface area contributed by atoms with Gasteiger partial charge in [0.15, 0.2) is 0 Å². The Bertz CT molecular complexity index is 583. The molecule has 1 aliphatic rings. The van der Waals surface area contributed by atoms with E-state index in [1.807, 2.05) is 0 Å². The van der Waals surface area contributed by atoms with Crippen LogP contribution in [0.15, 0.2) is 30.3 Å². The maximum Gasteiger partial charge on any atom is 0.330 e. The monoisotopic (exact) mass is 348 g/mol. The second kappa shape index (κ2) is 7.61. The molecule has 0 aliphatic carbocycles. The van der Waals surface area contributed by atoms with Gasteiger partial charge in [0.05, 0.1) is 0 Å². The first kappa shape index (κ1) is 18.2. The molecule has 0 N–H and O–H groups in total. The lowest BCUT2D eigenvalue weighted by atomic mass is 10.2. The Morgan fingerprint density at radius 2 is 1.88 bits per heavy atom. The zero-order valence-electron chi connectivity index (χ0n) is 12.6. The van der Waals surface area contributed by atoms with Crippen molar-refractivity contribution in [1.29, 1.82) is 0 Å². The van der Waals surface area contributed by atoms with Gasteiger partial charge in [-0.1, -0.05) is 18.2 Å².